The maximum atomic E-state index is 12.7. The van der Waals surface area contributed by atoms with Crippen molar-refractivity contribution in [1.82, 2.24) is 10.3 Å². The highest BCUT2D eigenvalue weighted by atomic mass is 16.5. The molecule has 9 heteroatoms. The third-order valence-electron chi connectivity index (χ3n) is 4.13. The zero-order valence-electron chi connectivity index (χ0n) is 15.0. The van der Waals surface area contributed by atoms with Crippen molar-refractivity contribution in [2.45, 2.75) is 13.0 Å². The quantitative estimate of drug-likeness (QED) is 0.458. The zero-order chi connectivity index (χ0) is 19.4. The van der Waals surface area contributed by atoms with Gasteiger partial charge in [0.05, 0.1) is 26.5 Å². The summed E-state index contributed by atoms with van der Waals surface area (Å²) < 4.78 is 9.70. The smallest absolute Gasteiger partial charge is 0.373 e. The fourth-order valence-corrected chi connectivity index (χ4v) is 2.95. The number of hydrogen-bond donors (Lipinski definition) is 2. The van der Waals surface area contributed by atoms with Gasteiger partial charge in [0.25, 0.3) is 0 Å². The van der Waals surface area contributed by atoms with Crippen LogP contribution in [0.1, 0.15) is 24.1 Å². The van der Waals surface area contributed by atoms with E-state index in [1.807, 2.05) is 12.1 Å². The molecule has 0 amide bonds. The third-order valence-corrected chi connectivity index (χ3v) is 4.13. The lowest BCUT2D eigenvalue weighted by atomic mass is 9.92. The van der Waals surface area contributed by atoms with Crippen LogP contribution >= 0.6 is 0 Å². The van der Waals surface area contributed by atoms with E-state index in [1.54, 1.807) is 25.3 Å². The van der Waals surface area contributed by atoms with Crippen molar-refractivity contribution >= 4 is 24.1 Å². The lowest BCUT2D eigenvalue weighted by Crippen LogP contribution is -2.42. The van der Waals surface area contributed by atoms with Gasteiger partial charge in [-0.25, -0.2) is 19.6 Å². The summed E-state index contributed by atoms with van der Waals surface area (Å²) in [7, 11) is 1.12. The van der Waals surface area contributed by atoms with Gasteiger partial charge < -0.3 is 19.9 Å². The second-order valence-corrected chi connectivity index (χ2v) is 5.73. The number of carbonyl (C=O) groups excluding carboxylic acids is 2. The zero-order valence-corrected chi connectivity index (χ0v) is 15.0. The molecule has 0 bridgehead atoms. The summed E-state index contributed by atoms with van der Waals surface area (Å²) in [5.41, 5.74) is 1.16. The predicted octanol–water partition coefficient (Wildman–Crippen LogP) is 0.885. The molecule has 0 fully saturated rings. The molecule has 2 aliphatic rings. The number of nitrogens with zero attached hydrogens (tertiary/aromatic N) is 3. The molecule has 2 N–H and O–H groups in total. The van der Waals surface area contributed by atoms with Crippen molar-refractivity contribution in [3.63, 3.8) is 0 Å². The maximum Gasteiger partial charge on any atom is 0.373 e. The monoisotopic (exact) mass is 372 g/mol. The van der Waals surface area contributed by atoms with Gasteiger partial charge in [-0.3, -0.25) is 0 Å². The Morgan fingerprint density at radius 1 is 1.33 bits per heavy atom. The molecular weight excluding hydrogens is 352 g/mol. The average molecular weight is 372 g/mol. The Hall–Kier alpha value is -3.36. The Balaban J connectivity index is 2.20. The van der Waals surface area contributed by atoms with Gasteiger partial charge >= 0.3 is 11.9 Å². The van der Waals surface area contributed by atoms with Crippen LogP contribution in [0.5, 0.6) is 0 Å². The molecular formula is C18H20N4O5. The summed E-state index contributed by atoms with van der Waals surface area (Å²) in [4.78, 5) is 29.0. The number of carbonyl (C=O) groups is 2. The van der Waals surface area contributed by atoms with E-state index in [0.29, 0.717) is 24.6 Å². The number of methoxy groups -OCH3 is 1. The van der Waals surface area contributed by atoms with Crippen LogP contribution in [0.4, 0.5) is 0 Å². The number of aliphatic hydroxyl groups is 1. The van der Waals surface area contributed by atoms with Crippen molar-refractivity contribution in [3.05, 3.63) is 46.7 Å². The van der Waals surface area contributed by atoms with E-state index in [1.165, 1.54) is 5.01 Å². The molecule has 0 spiro atoms. The number of ether oxygens (including phenoxy) is 2. The van der Waals surface area contributed by atoms with Crippen LogP contribution in [0.15, 0.2) is 45.7 Å². The molecule has 0 saturated carbocycles. The molecule has 0 aromatic heterocycles. The van der Waals surface area contributed by atoms with E-state index in [2.05, 4.69) is 20.1 Å². The molecule has 3 rings (SSSR count). The topological polar surface area (TPSA) is 113 Å². The molecule has 0 saturated heterocycles. The highest BCUT2D eigenvalue weighted by molar-refractivity contribution is 6.01. The summed E-state index contributed by atoms with van der Waals surface area (Å²) >= 11 is 0. The summed E-state index contributed by atoms with van der Waals surface area (Å²) in [6.07, 6.45) is 1.63. The Labute approximate surface area is 156 Å². The van der Waals surface area contributed by atoms with Crippen molar-refractivity contribution in [2.75, 3.05) is 26.8 Å². The van der Waals surface area contributed by atoms with Gasteiger partial charge in [-0.15, -0.1) is 0 Å². The van der Waals surface area contributed by atoms with Crippen LogP contribution < -0.4 is 5.32 Å². The van der Waals surface area contributed by atoms with E-state index in [4.69, 9.17) is 4.74 Å². The lowest BCUT2D eigenvalue weighted by Gasteiger charge is -2.33. The first-order chi connectivity index (χ1) is 13.1. The average Bonchev–Trinajstić information content (AvgIpc) is 3.22. The van der Waals surface area contributed by atoms with Gasteiger partial charge in [0.2, 0.25) is 11.7 Å². The summed E-state index contributed by atoms with van der Waals surface area (Å²) in [5.74, 6) is -2.26. The lowest BCUT2D eigenvalue weighted by molar-refractivity contribution is -0.143. The highest BCUT2D eigenvalue weighted by Gasteiger charge is 2.39. The van der Waals surface area contributed by atoms with Crippen LogP contribution in [-0.4, -0.2) is 61.0 Å². The SMILES string of the molecule is CCOC(=O)/C(=C(/O)C(=O)OC)C1c2ccccc2C=NN1C1=NCCN1. The van der Waals surface area contributed by atoms with Crippen molar-refractivity contribution < 1.29 is 24.2 Å². The summed E-state index contributed by atoms with van der Waals surface area (Å²) in [6.45, 7) is 2.89. The van der Waals surface area contributed by atoms with Crippen LogP contribution in [0.3, 0.4) is 0 Å². The standard InChI is InChI=1S/C18H20N4O5/c1-3-27-16(24)13(15(23)17(25)26-2)14-12-7-5-4-6-11(12)10-21-22(14)18-19-8-9-20-18/h4-7,10,14,23H,3,8-9H2,1-2H3,(H,19,20)/b15-13+. The summed E-state index contributed by atoms with van der Waals surface area (Å²) in [6, 6.07) is 6.33. The van der Waals surface area contributed by atoms with Crippen LogP contribution in [0.25, 0.3) is 0 Å². The molecule has 0 radical (unpaired) electrons. The summed E-state index contributed by atoms with van der Waals surface area (Å²) in [5, 5.41) is 19.4. The van der Waals surface area contributed by atoms with Gasteiger partial charge in [-0.05, 0) is 12.5 Å². The van der Waals surface area contributed by atoms with Crippen molar-refractivity contribution in [1.29, 1.82) is 0 Å². The number of aliphatic hydroxyl groups excluding tert-OH is 1. The largest absolute Gasteiger partial charge is 0.501 e. The maximum absolute atomic E-state index is 12.7. The molecule has 1 aromatic carbocycles. The molecule has 142 valence electrons. The molecule has 27 heavy (non-hydrogen) atoms. The second kappa shape index (κ2) is 7.90. The van der Waals surface area contributed by atoms with Crippen molar-refractivity contribution in [2.24, 2.45) is 10.1 Å². The van der Waals surface area contributed by atoms with E-state index < -0.39 is 23.7 Å². The van der Waals surface area contributed by atoms with E-state index >= 15 is 0 Å². The van der Waals surface area contributed by atoms with E-state index in [0.717, 1.165) is 12.7 Å². The van der Waals surface area contributed by atoms with Crippen molar-refractivity contribution in [3.8, 4) is 0 Å². The first-order valence-corrected chi connectivity index (χ1v) is 8.47. The van der Waals surface area contributed by atoms with Crippen LogP contribution in [0.2, 0.25) is 0 Å². The first kappa shape index (κ1) is 18.4. The minimum absolute atomic E-state index is 0.0770. The van der Waals surface area contributed by atoms with Crippen LogP contribution in [-0.2, 0) is 19.1 Å². The molecule has 2 heterocycles. The predicted molar refractivity (Wildman–Crippen MR) is 97.2 cm³/mol. The molecule has 2 aliphatic heterocycles. The Morgan fingerprint density at radius 2 is 2.11 bits per heavy atom. The number of hydrazone groups is 1. The van der Waals surface area contributed by atoms with Crippen LogP contribution in [0, 0.1) is 0 Å². The van der Waals surface area contributed by atoms with Gasteiger partial charge in [0.1, 0.15) is 11.6 Å². The number of aliphatic imine (C=N–C) groups is 1. The molecule has 1 unspecified atom stereocenters. The van der Waals surface area contributed by atoms with Gasteiger partial charge in [0.15, 0.2) is 0 Å². The van der Waals surface area contributed by atoms with Gasteiger partial charge in [-0.2, -0.15) is 5.10 Å². The van der Waals surface area contributed by atoms with Gasteiger partial charge in [-0.1, -0.05) is 24.3 Å². The fourth-order valence-electron chi connectivity index (χ4n) is 2.95. The Kier molecular flexibility index (Phi) is 5.39. The number of nitrogens with one attached hydrogen (secondary N) is 1. The molecule has 0 aliphatic carbocycles. The first-order valence-electron chi connectivity index (χ1n) is 8.47. The number of guanidine groups is 1. The Bertz CT molecular complexity index is 846. The fraction of sp³-hybridized carbons (Fsp3) is 0.333. The Morgan fingerprint density at radius 3 is 2.78 bits per heavy atom. The minimum Gasteiger partial charge on any atom is -0.501 e. The van der Waals surface area contributed by atoms with Gasteiger partial charge in [0, 0.05) is 12.1 Å². The number of hydrogen-bond acceptors (Lipinski definition) is 9. The third kappa shape index (κ3) is 3.48. The number of benzene rings is 1. The minimum atomic E-state index is -1.04. The highest BCUT2D eigenvalue weighted by Crippen LogP contribution is 2.36. The molecule has 1 aromatic rings. The molecule has 9 nitrogen and oxygen atoms in total. The number of esters is 2. The molecule has 1 atom stereocenters. The van der Waals surface area contributed by atoms with E-state index in [9.17, 15) is 14.7 Å². The second-order valence-electron chi connectivity index (χ2n) is 5.73. The number of rotatable bonds is 4. The number of fused-ring (bicyclic) bond motifs is 1. The van der Waals surface area contributed by atoms with E-state index in [-0.39, 0.29) is 12.2 Å². The normalized spacial score (nSPS) is 18.8.